The summed E-state index contributed by atoms with van der Waals surface area (Å²) in [5, 5.41) is 2.76. The van der Waals surface area contributed by atoms with Crippen LogP contribution in [0.5, 0.6) is 0 Å². The highest BCUT2D eigenvalue weighted by molar-refractivity contribution is 7.92. The fraction of sp³-hybridized carbons (Fsp3) is 0.333. The SMILES string of the molecule is CCNC(=O)C(C)N(Cc1ccccc1)C(=O)CN(c1ccc(C(C)C)cc1)S(=O)(=O)c1ccc(C)cc1. The van der Waals surface area contributed by atoms with Crippen molar-refractivity contribution in [3.63, 3.8) is 0 Å². The molecule has 0 aromatic heterocycles. The Hall–Kier alpha value is -3.65. The van der Waals surface area contributed by atoms with E-state index in [-0.39, 0.29) is 23.3 Å². The molecule has 0 aliphatic carbocycles. The molecular formula is C30H37N3O4S. The van der Waals surface area contributed by atoms with E-state index in [1.54, 1.807) is 43.3 Å². The van der Waals surface area contributed by atoms with Crippen LogP contribution in [0, 0.1) is 6.92 Å². The molecule has 2 amide bonds. The molecule has 38 heavy (non-hydrogen) atoms. The van der Waals surface area contributed by atoms with E-state index in [0.29, 0.717) is 12.2 Å². The van der Waals surface area contributed by atoms with Gasteiger partial charge in [-0.25, -0.2) is 8.42 Å². The topological polar surface area (TPSA) is 86.8 Å². The lowest BCUT2D eigenvalue weighted by Gasteiger charge is -2.32. The van der Waals surface area contributed by atoms with Crippen molar-refractivity contribution < 1.29 is 18.0 Å². The fourth-order valence-corrected chi connectivity index (χ4v) is 5.49. The molecule has 1 atom stereocenters. The minimum Gasteiger partial charge on any atom is -0.355 e. The van der Waals surface area contributed by atoms with Gasteiger partial charge in [-0.3, -0.25) is 13.9 Å². The van der Waals surface area contributed by atoms with E-state index < -0.39 is 28.5 Å². The minimum atomic E-state index is -4.08. The van der Waals surface area contributed by atoms with Gasteiger partial charge in [0.2, 0.25) is 11.8 Å². The summed E-state index contributed by atoms with van der Waals surface area (Å²) in [6.07, 6.45) is 0. The van der Waals surface area contributed by atoms with Crippen LogP contribution in [0.3, 0.4) is 0 Å². The summed E-state index contributed by atoms with van der Waals surface area (Å²) in [6.45, 7) is 9.61. The summed E-state index contributed by atoms with van der Waals surface area (Å²) in [6, 6.07) is 22.3. The van der Waals surface area contributed by atoms with E-state index in [2.05, 4.69) is 19.2 Å². The first-order chi connectivity index (χ1) is 18.0. The number of amides is 2. The van der Waals surface area contributed by atoms with Crippen LogP contribution in [0.2, 0.25) is 0 Å². The van der Waals surface area contributed by atoms with E-state index in [4.69, 9.17) is 0 Å². The second-order valence-electron chi connectivity index (χ2n) is 9.65. The maximum absolute atomic E-state index is 13.9. The molecule has 0 spiro atoms. The van der Waals surface area contributed by atoms with E-state index in [0.717, 1.165) is 21.0 Å². The van der Waals surface area contributed by atoms with E-state index in [1.807, 2.05) is 56.3 Å². The molecule has 3 rings (SSSR count). The van der Waals surface area contributed by atoms with Crippen LogP contribution >= 0.6 is 0 Å². The number of hydrogen-bond acceptors (Lipinski definition) is 4. The maximum Gasteiger partial charge on any atom is 0.264 e. The average molecular weight is 536 g/mol. The van der Waals surface area contributed by atoms with Gasteiger partial charge in [-0.05, 0) is 62.1 Å². The first-order valence-corrected chi connectivity index (χ1v) is 14.3. The van der Waals surface area contributed by atoms with Crippen LogP contribution in [0.15, 0.2) is 83.8 Å². The van der Waals surface area contributed by atoms with Gasteiger partial charge in [0, 0.05) is 13.1 Å². The number of carbonyl (C=O) groups excluding carboxylic acids is 2. The summed E-state index contributed by atoms with van der Waals surface area (Å²) in [4.78, 5) is 28.1. The predicted molar refractivity (Wildman–Crippen MR) is 151 cm³/mol. The Morgan fingerprint density at radius 2 is 1.47 bits per heavy atom. The van der Waals surface area contributed by atoms with Crippen molar-refractivity contribution in [1.82, 2.24) is 10.2 Å². The molecule has 3 aromatic rings. The molecule has 1 unspecified atom stereocenters. The zero-order chi connectivity index (χ0) is 27.9. The second-order valence-corrected chi connectivity index (χ2v) is 11.5. The van der Waals surface area contributed by atoms with Crippen LogP contribution in [0.25, 0.3) is 0 Å². The third-order valence-electron chi connectivity index (χ3n) is 6.45. The molecule has 0 aliphatic heterocycles. The van der Waals surface area contributed by atoms with Crippen molar-refractivity contribution in [2.24, 2.45) is 0 Å². The highest BCUT2D eigenvalue weighted by atomic mass is 32.2. The standard InChI is InChI=1S/C30H37N3O4S/c1-6-31-30(35)24(5)32(20-25-10-8-7-9-11-25)29(34)21-33(27-16-14-26(15-17-27)22(2)3)38(36,37)28-18-12-23(4)13-19-28/h7-19,22,24H,6,20-21H2,1-5H3,(H,31,35). The highest BCUT2D eigenvalue weighted by Crippen LogP contribution is 2.27. The monoisotopic (exact) mass is 535 g/mol. The number of likely N-dealkylation sites (N-methyl/N-ethyl adjacent to an activating group) is 1. The van der Waals surface area contributed by atoms with Crippen molar-refractivity contribution >= 4 is 27.5 Å². The molecule has 0 aliphatic rings. The van der Waals surface area contributed by atoms with E-state index >= 15 is 0 Å². The van der Waals surface area contributed by atoms with E-state index in [1.165, 1.54) is 4.90 Å². The number of benzene rings is 3. The average Bonchev–Trinajstić information content (AvgIpc) is 2.90. The molecule has 7 nitrogen and oxygen atoms in total. The van der Waals surface area contributed by atoms with Crippen molar-refractivity contribution in [1.29, 1.82) is 0 Å². The van der Waals surface area contributed by atoms with Gasteiger partial charge in [0.15, 0.2) is 0 Å². The van der Waals surface area contributed by atoms with Gasteiger partial charge in [-0.15, -0.1) is 0 Å². The summed E-state index contributed by atoms with van der Waals surface area (Å²) >= 11 is 0. The Balaban J connectivity index is 2.03. The van der Waals surface area contributed by atoms with Crippen LogP contribution in [-0.4, -0.2) is 44.3 Å². The number of nitrogens with one attached hydrogen (secondary N) is 1. The van der Waals surface area contributed by atoms with Crippen molar-refractivity contribution in [3.8, 4) is 0 Å². The molecule has 0 heterocycles. The number of carbonyl (C=O) groups is 2. The summed E-state index contributed by atoms with van der Waals surface area (Å²) in [5.41, 5.74) is 3.21. The number of sulfonamides is 1. The van der Waals surface area contributed by atoms with E-state index in [9.17, 15) is 18.0 Å². The molecule has 0 radical (unpaired) electrons. The van der Waals surface area contributed by atoms with Crippen LogP contribution in [0.1, 0.15) is 50.3 Å². The zero-order valence-corrected chi connectivity index (χ0v) is 23.5. The number of nitrogens with zero attached hydrogens (tertiary/aromatic N) is 2. The lowest BCUT2D eigenvalue weighted by Crippen LogP contribution is -2.51. The fourth-order valence-electron chi connectivity index (χ4n) is 4.08. The number of anilines is 1. The maximum atomic E-state index is 13.9. The lowest BCUT2D eigenvalue weighted by molar-refractivity contribution is -0.139. The van der Waals surface area contributed by atoms with Crippen molar-refractivity contribution in [2.45, 2.75) is 58.0 Å². The van der Waals surface area contributed by atoms with Gasteiger partial charge in [0.05, 0.1) is 10.6 Å². The summed E-state index contributed by atoms with van der Waals surface area (Å²) in [5.74, 6) is -0.505. The second kappa shape index (κ2) is 12.7. The Morgan fingerprint density at radius 1 is 0.868 bits per heavy atom. The van der Waals surface area contributed by atoms with Crippen molar-refractivity contribution in [3.05, 3.63) is 95.6 Å². The van der Waals surface area contributed by atoms with Crippen molar-refractivity contribution in [2.75, 3.05) is 17.4 Å². The van der Waals surface area contributed by atoms with Crippen LogP contribution in [-0.2, 0) is 26.2 Å². The molecule has 3 aromatic carbocycles. The van der Waals surface area contributed by atoms with Gasteiger partial charge < -0.3 is 10.2 Å². The van der Waals surface area contributed by atoms with Gasteiger partial charge >= 0.3 is 0 Å². The quantitative estimate of drug-likeness (QED) is 0.380. The van der Waals surface area contributed by atoms with Gasteiger partial charge in [0.25, 0.3) is 10.0 Å². The van der Waals surface area contributed by atoms with Gasteiger partial charge in [0.1, 0.15) is 12.6 Å². The van der Waals surface area contributed by atoms with Crippen LogP contribution < -0.4 is 9.62 Å². The Morgan fingerprint density at radius 3 is 2.03 bits per heavy atom. The normalized spacial score (nSPS) is 12.2. The third kappa shape index (κ3) is 7.01. The summed E-state index contributed by atoms with van der Waals surface area (Å²) < 4.78 is 28.9. The lowest BCUT2D eigenvalue weighted by atomic mass is 10.0. The Labute approximate surface area is 226 Å². The first kappa shape index (κ1) is 28.9. The molecular weight excluding hydrogens is 498 g/mol. The third-order valence-corrected chi connectivity index (χ3v) is 8.24. The molecule has 202 valence electrons. The number of rotatable bonds is 11. The highest BCUT2D eigenvalue weighted by Gasteiger charge is 2.32. The van der Waals surface area contributed by atoms with Gasteiger partial charge in [-0.2, -0.15) is 0 Å². The Bertz CT molecular complexity index is 1320. The molecule has 0 bridgehead atoms. The molecule has 1 N–H and O–H groups in total. The zero-order valence-electron chi connectivity index (χ0n) is 22.7. The smallest absolute Gasteiger partial charge is 0.264 e. The molecule has 0 saturated carbocycles. The molecule has 0 saturated heterocycles. The largest absolute Gasteiger partial charge is 0.355 e. The minimum absolute atomic E-state index is 0.0928. The molecule has 8 heteroatoms. The van der Waals surface area contributed by atoms with Crippen LogP contribution in [0.4, 0.5) is 5.69 Å². The van der Waals surface area contributed by atoms with Gasteiger partial charge in [-0.1, -0.05) is 74.0 Å². The predicted octanol–water partition coefficient (Wildman–Crippen LogP) is 4.87. The Kier molecular flexibility index (Phi) is 9.69. The number of aryl methyl sites for hydroxylation is 1. The molecule has 0 fully saturated rings. The summed E-state index contributed by atoms with van der Waals surface area (Å²) in [7, 11) is -4.08. The first-order valence-electron chi connectivity index (χ1n) is 12.8. The number of hydrogen-bond donors (Lipinski definition) is 1.